The van der Waals surface area contributed by atoms with E-state index < -0.39 is 6.10 Å². The Balaban J connectivity index is 1.70. The van der Waals surface area contributed by atoms with Crippen LogP contribution in [-0.2, 0) is 9.59 Å². The van der Waals surface area contributed by atoms with Crippen LogP contribution in [0.4, 0.5) is 0 Å². The zero-order chi connectivity index (χ0) is 19.8. The molecule has 3 saturated carbocycles. The molecular formula is C22H38N2O3. The summed E-state index contributed by atoms with van der Waals surface area (Å²) in [6.07, 6.45) is 8.05. The predicted molar refractivity (Wildman–Crippen MR) is 106 cm³/mol. The molecule has 7 unspecified atom stereocenters. The number of nitrogens with one attached hydrogen (secondary N) is 2. The molecule has 0 saturated heterocycles. The molecular weight excluding hydrogens is 340 g/mol. The van der Waals surface area contributed by atoms with Crippen LogP contribution in [0, 0.1) is 29.1 Å². The minimum atomic E-state index is -0.486. The first kappa shape index (κ1) is 20.6. The number of amides is 2. The topological polar surface area (TPSA) is 78.4 Å². The molecule has 7 atom stereocenters. The molecule has 0 bridgehead atoms. The van der Waals surface area contributed by atoms with Crippen LogP contribution < -0.4 is 10.6 Å². The SMILES string of the molecule is CC(=O)NC1CCC2(C)CCC(C(C)C(=O)NC3CCCC3)C(O)C2C1C. The summed E-state index contributed by atoms with van der Waals surface area (Å²) >= 11 is 0. The Hall–Kier alpha value is -1.10. The van der Waals surface area contributed by atoms with E-state index in [-0.39, 0.29) is 46.9 Å². The van der Waals surface area contributed by atoms with Crippen molar-refractivity contribution in [2.75, 3.05) is 0 Å². The van der Waals surface area contributed by atoms with Crippen LogP contribution in [0.2, 0.25) is 0 Å². The summed E-state index contributed by atoms with van der Waals surface area (Å²) < 4.78 is 0. The Morgan fingerprint density at radius 3 is 2.33 bits per heavy atom. The fourth-order valence-electron chi connectivity index (χ4n) is 6.36. The lowest BCUT2D eigenvalue weighted by molar-refractivity contribution is -0.144. The fraction of sp³-hybridized carbons (Fsp3) is 0.909. The number of hydrogen-bond donors (Lipinski definition) is 3. The quantitative estimate of drug-likeness (QED) is 0.704. The summed E-state index contributed by atoms with van der Waals surface area (Å²) in [5, 5.41) is 17.6. The van der Waals surface area contributed by atoms with Gasteiger partial charge in [-0.15, -0.1) is 0 Å². The first-order valence-corrected chi connectivity index (χ1v) is 11.0. The van der Waals surface area contributed by atoms with Crippen molar-refractivity contribution in [2.45, 2.75) is 97.2 Å². The molecule has 3 aliphatic carbocycles. The number of carbonyl (C=O) groups excluding carboxylic acids is 2. The molecule has 3 rings (SSSR count). The molecule has 5 heteroatoms. The lowest BCUT2D eigenvalue weighted by atomic mass is 9.51. The molecule has 0 aliphatic heterocycles. The van der Waals surface area contributed by atoms with Crippen molar-refractivity contribution in [3.8, 4) is 0 Å². The average Bonchev–Trinajstić information content (AvgIpc) is 3.10. The number of hydrogen-bond acceptors (Lipinski definition) is 3. The van der Waals surface area contributed by atoms with Gasteiger partial charge >= 0.3 is 0 Å². The van der Waals surface area contributed by atoms with Crippen LogP contribution in [0.1, 0.15) is 79.1 Å². The van der Waals surface area contributed by atoms with Crippen LogP contribution in [-0.4, -0.2) is 35.1 Å². The van der Waals surface area contributed by atoms with Gasteiger partial charge in [0.15, 0.2) is 0 Å². The summed E-state index contributed by atoms with van der Waals surface area (Å²) in [7, 11) is 0. The minimum absolute atomic E-state index is 0.00149. The molecule has 0 aromatic rings. The highest BCUT2D eigenvalue weighted by Gasteiger charge is 2.53. The van der Waals surface area contributed by atoms with Crippen molar-refractivity contribution in [1.29, 1.82) is 0 Å². The van der Waals surface area contributed by atoms with Gasteiger partial charge < -0.3 is 15.7 Å². The van der Waals surface area contributed by atoms with Gasteiger partial charge in [0.1, 0.15) is 0 Å². The van der Waals surface area contributed by atoms with Crippen LogP contribution >= 0.6 is 0 Å². The molecule has 154 valence electrons. The van der Waals surface area contributed by atoms with Gasteiger partial charge in [-0.25, -0.2) is 0 Å². The van der Waals surface area contributed by atoms with Gasteiger partial charge in [-0.05, 0) is 61.7 Å². The van der Waals surface area contributed by atoms with Gasteiger partial charge in [0.25, 0.3) is 0 Å². The zero-order valence-corrected chi connectivity index (χ0v) is 17.5. The third kappa shape index (κ3) is 4.18. The normalized spacial score (nSPS) is 40.9. The predicted octanol–water partition coefficient (Wildman–Crippen LogP) is 3.01. The standard InChI is InChI=1S/C22H38N2O3/c1-13(21(27)24-16-7-5-6-8-16)17-9-11-22(4)12-10-18(23-15(3)25)14(2)19(22)20(17)26/h13-14,16-20,26H,5-12H2,1-4H3,(H,23,25)(H,24,27). The van der Waals surface area contributed by atoms with Gasteiger partial charge in [-0.1, -0.05) is 33.6 Å². The number of aliphatic hydroxyl groups excluding tert-OH is 1. The fourth-order valence-corrected chi connectivity index (χ4v) is 6.36. The van der Waals surface area contributed by atoms with Crippen molar-refractivity contribution >= 4 is 11.8 Å². The molecule has 3 N–H and O–H groups in total. The highest BCUT2D eigenvalue weighted by Crippen LogP contribution is 2.55. The third-order valence-electron chi connectivity index (χ3n) is 8.03. The zero-order valence-electron chi connectivity index (χ0n) is 17.5. The average molecular weight is 379 g/mol. The van der Waals surface area contributed by atoms with E-state index in [4.69, 9.17) is 0 Å². The molecule has 0 aromatic heterocycles. The van der Waals surface area contributed by atoms with E-state index in [0.29, 0.717) is 6.04 Å². The number of aliphatic hydroxyl groups is 1. The molecule has 0 spiro atoms. The molecule has 0 heterocycles. The van der Waals surface area contributed by atoms with E-state index >= 15 is 0 Å². The van der Waals surface area contributed by atoms with E-state index in [0.717, 1.165) is 38.5 Å². The highest BCUT2D eigenvalue weighted by atomic mass is 16.3. The molecule has 0 radical (unpaired) electrons. The minimum Gasteiger partial charge on any atom is -0.392 e. The van der Waals surface area contributed by atoms with E-state index in [1.165, 1.54) is 12.8 Å². The van der Waals surface area contributed by atoms with Gasteiger partial charge in [-0.3, -0.25) is 9.59 Å². The lowest BCUT2D eigenvalue weighted by Crippen LogP contribution is -2.58. The summed E-state index contributed by atoms with van der Waals surface area (Å²) in [4.78, 5) is 24.4. The van der Waals surface area contributed by atoms with Crippen molar-refractivity contribution in [3.63, 3.8) is 0 Å². The summed E-state index contributed by atoms with van der Waals surface area (Å²) in [5.74, 6) is 0.290. The Morgan fingerprint density at radius 1 is 1.07 bits per heavy atom. The van der Waals surface area contributed by atoms with Crippen molar-refractivity contribution in [1.82, 2.24) is 10.6 Å². The Bertz CT molecular complexity index is 560. The largest absolute Gasteiger partial charge is 0.392 e. The second-order valence-corrected chi connectivity index (χ2v) is 9.86. The first-order chi connectivity index (χ1) is 12.7. The summed E-state index contributed by atoms with van der Waals surface area (Å²) in [5.41, 5.74) is 0.103. The van der Waals surface area contributed by atoms with Gasteiger partial charge in [0.05, 0.1) is 6.10 Å². The van der Waals surface area contributed by atoms with E-state index in [9.17, 15) is 14.7 Å². The number of carbonyl (C=O) groups is 2. The molecule has 0 aromatic carbocycles. The Morgan fingerprint density at radius 2 is 1.70 bits per heavy atom. The van der Waals surface area contributed by atoms with Gasteiger partial charge in [0, 0.05) is 24.9 Å². The molecule has 5 nitrogen and oxygen atoms in total. The Kier molecular flexibility index (Phi) is 6.19. The number of fused-ring (bicyclic) bond motifs is 1. The maximum atomic E-state index is 12.8. The lowest BCUT2D eigenvalue weighted by Gasteiger charge is -2.56. The number of rotatable bonds is 4. The van der Waals surface area contributed by atoms with Crippen LogP contribution in [0.5, 0.6) is 0 Å². The highest BCUT2D eigenvalue weighted by molar-refractivity contribution is 5.79. The van der Waals surface area contributed by atoms with Crippen LogP contribution in [0.15, 0.2) is 0 Å². The van der Waals surface area contributed by atoms with Crippen molar-refractivity contribution in [3.05, 3.63) is 0 Å². The van der Waals surface area contributed by atoms with E-state index in [1.54, 1.807) is 6.92 Å². The summed E-state index contributed by atoms with van der Waals surface area (Å²) in [6.45, 7) is 8.01. The third-order valence-corrected chi connectivity index (χ3v) is 8.03. The van der Waals surface area contributed by atoms with Gasteiger partial charge in [-0.2, -0.15) is 0 Å². The van der Waals surface area contributed by atoms with E-state index in [1.807, 2.05) is 6.92 Å². The van der Waals surface area contributed by atoms with Crippen LogP contribution in [0.25, 0.3) is 0 Å². The second-order valence-electron chi connectivity index (χ2n) is 9.86. The monoisotopic (exact) mass is 378 g/mol. The first-order valence-electron chi connectivity index (χ1n) is 11.0. The molecule has 3 aliphatic rings. The molecule has 27 heavy (non-hydrogen) atoms. The van der Waals surface area contributed by atoms with Crippen LogP contribution in [0.3, 0.4) is 0 Å². The van der Waals surface area contributed by atoms with E-state index in [2.05, 4.69) is 24.5 Å². The smallest absolute Gasteiger partial charge is 0.223 e. The second kappa shape index (κ2) is 8.10. The van der Waals surface area contributed by atoms with Crippen molar-refractivity contribution in [2.24, 2.45) is 29.1 Å². The maximum absolute atomic E-state index is 12.8. The maximum Gasteiger partial charge on any atom is 0.223 e. The van der Waals surface area contributed by atoms with Gasteiger partial charge in [0.2, 0.25) is 11.8 Å². The summed E-state index contributed by atoms with van der Waals surface area (Å²) in [6, 6.07) is 0.445. The molecule has 2 amide bonds. The Labute approximate surface area is 164 Å². The molecule has 3 fully saturated rings. The van der Waals surface area contributed by atoms with Crippen molar-refractivity contribution < 1.29 is 14.7 Å².